The lowest BCUT2D eigenvalue weighted by molar-refractivity contribution is -0.153. The van der Waals surface area contributed by atoms with Crippen molar-refractivity contribution in [2.45, 2.75) is 44.5 Å². The lowest BCUT2D eigenvalue weighted by Crippen LogP contribution is -2.57. The Labute approximate surface area is 128 Å². The predicted octanol–water partition coefficient (Wildman–Crippen LogP) is 1.83. The van der Waals surface area contributed by atoms with E-state index in [0.717, 1.165) is 25.9 Å². The van der Waals surface area contributed by atoms with Crippen LogP contribution in [0.5, 0.6) is 0 Å². The molecule has 8 heteroatoms. The number of carbonyl (C=O) groups is 1. The zero-order valence-corrected chi connectivity index (χ0v) is 12.9. The monoisotopic (exact) mass is 323 g/mol. The standard InChI is InChI=1S/C14H24F3N3O2/c1-11-9-19(6-7-20(11)10-14(15,16)17)13(21)18-5-4-12-3-2-8-22-12/h11-12H,2-10H2,1H3,(H,18,21)/t11-,12+/m1/s1. The van der Waals surface area contributed by atoms with Gasteiger partial charge in [-0.15, -0.1) is 0 Å². The van der Waals surface area contributed by atoms with E-state index in [-0.39, 0.29) is 24.7 Å². The van der Waals surface area contributed by atoms with Crippen LogP contribution >= 0.6 is 0 Å². The van der Waals surface area contributed by atoms with E-state index in [4.69, 9.17) is 4.74 Å². The van der Waals surface area contributed by atoms with Gasteiger partial charge in [0.2, 0.25) is 0 Å². The van der Waals surface area contributed by atoms with E-state index in [0.29, 0.717) is 19.6 Å². The minimum atomic E-state index is -4.19. The Kier molecular flexibility index (Phi) is 5.91. The number of nitrogens with one attached hydrogen (secondary N) is 1. The van der Waals surface area contributed by atoms with Crippen LogP contribution in [0.1, 0.15) is 26.2 Å². The van der Waals surface area contributed by atoms with Crippen LogP contribution in [0.3, 0.4) is 0 Å². The molecule has 1 N–H and O–H groups in total. The van der Waals surface area contributed by atoms with Crippen molar-refractivity contribution < 1.29 is 22.7 Å². The van der Waals surface area contributed by atoms with Crippen LogP contribution in [0.2, 0.25) is 0 Å². The molecule has 0 aromatic heterocycles. The van der Waals surface area contributed by atoms with Gasteiger partial charge in [0, 0.05) is 38.8 Å². The Bertz CT molecular complexity index is 373. The molecule has 2 rings (SSSR count). The Hall–Kier alpha value is -1.02. The van der Waals surface area contributed by atoms with Crippen LogP contribution in [0, 0.1) is 0 Å². The highest BCUT2D eigenvalue weighted by atomic mass is 19.4. The van der Waals surface area contributed by atoms with E-state index in [1.54, 1.807) is 11.8 Å². The molecular weight excluding hydrogens is 299 g/mol. The number of urea groups is 1. The summed E-state index contributed by atoms with van der Waals surface area (Å²) in [5, 5.41) is 2.83. The fraction of sp³-hybridized carbons (Fsp3) is 0.929. The molecule has 2 fully saturated rings. The number of ether oxygens (including phenoxy) is 1. The van der Waals surface area contributed by atoms with Gasteiger partial charge in [0.25, 0.3) is 0 Å². The number of rotatable bonds is 4. The molecule has 0 bridgehead atoms. The van der Waals surface area contributed by atoms with E-state index in [1.807, 2.05) is 0 Å². The molecule has 5 nitrogen and oxygen atoms in total. The minimum absolute atomic E-state index is 0.198. The van der Waals surface area contributed by atoms with Crippen molar-refractivity contribution in [3.05, 3.63) is 0 Å². The van der Waals surface area contributed by atoms with Crippen LogP contribution in [0.15, 0.2) is 0 Å². The number of carbonyl (C=O) groups excluding carboxylic acids is 1. The van der Waals surface area contributed by atoms with Crippen molar-refractivity contribution >= 4 is 6.03 Å². The first-order valence-electron chi connectivity index (χ1n) is 7.80. The van der Waals surface area contributed by atoms with Gasteiger partial charge in [-0.2, -0.15) is 13.2 Å². The second-order valence-corrected chi connectivity index (χ2v) is 6.04. The highest BCUT2D eigenvalue weighted by Gasteiger charge is 2.35. The number of piperazine rings is 1. The lowest BCUT2D eigenvalue weighted by Gasteiger charge is -2.40. The van der Waals surface area contributed by atoms with Crippen LogP contribution in [0.25, 0.3) is 0 Å². The molecule has 0 aliphatic carbocycles. The van der Waals surface area contributed by atoms with Gasteiger partial charge in [-0.05, 0) is 26.2 Å². The average molecular weight is 323 g/mol. The summed E-state index contributed by atoms with van der Waals surface area (Å²) in [5.74, 6) is 0. The summed E-state index contributed by atoms with van der Waals surface area (Å²) in [6.07, 6.45) is -1.09. The maximum atomic E-state index is 12.4. The number of hydrogen-bond acceptors (Lipinski definition) is 3. The topological polar surface area (TPSA) is 44.8 Å². The zero-order chi connectivity index (χ0) is 16.2. The summed E-state index contributed by atoms with van der Waals surface area (Å²) in [5.41, 5.74) is 0. The number of halogens is 3. The average Bonchev–Trinajstić information content (AvgIpc) is 2.92. The zero-order valence-electron chi connectivity index (χ0n) is 12.9. The van der Waals surface area contributed by atoms with E-state index >= 15 is 0 Å². The minimum Gasteiger partial charge on any atom is -0.378 e. The Morgan fingerprint density at radius 2 is 2.14 bits per heavy atom. The highest BCUT2D eigenvalue weighted by molar-refractivity contribution is 5.74. The Morgan fingerprint density at radius 1 is 1.36 bits per heavy atom. The molecule has 2 heterocycles. The fourth-order valence-corrected chi connectivity index (χ4v) is 2.97. The first kappa shape index (κ1) is 17.3. The summed E-state index contributed by atoms with van der Waals surface area (Å²) in [7, 11) is 0. The molecule has 22 heavy (non-hydrogen) atoms. The number of amides is 2. The molecule has 2 atom stereocenters. The summed E-state index contributed by atoms with van der Waals surface area (Å²) in [6, 6.07) is -0.490. The van der Waals surface area contributed by atoms with Crippen LogP contribution in [-0.4, -0.2) is 73.5 Å². The van der Waals surface area contributed by atoms with Crippen molar-refractivity contribution in [1.82, 2.24) is 15.1 Å². The molecule has 2 aliphatic rings. The van der Waals surface area contributed by atoms with Gasteiger partial charge in [-0.25, -0.2) is 4.79 Å². The predicted molar refractivity (Wildman–Crippen MR) is 75.7 cm³/mol. The molecule has 0 aromatic rings. The Morgan fingerprint density at radius 3 is 2.73 bits per heavy atom. The van der Waals surface area contributed by atoms with Gasteiger partial charge in [-0.1, -0.05) is 0 Å². The highest BCUT2D eigenvalue weighted by Crippen LogP contribution is 2.20. The van der Waals surface area contributed by atoms with Crippen molar-refractivity contribution in [3.63, 3.8) is 0 Å². The van der Waals surface area contributed by atoms with Crippen molar-refractivity contribution in [2.24, 2.45) is 0 Å². The SMILES string of the molecule is C[C@@H]1CN(C(=O)NCC[C@@H]2CCCO2)CCN1CC(F)(F)F. The van der Waals surface area contributed by atoms with E-state index in [2.05, 4.69) is 5.32 Å². The molecule has 2 amide bonds. The maximum Gasteiger partial charge on any atom is 0.401 e. The smallest absolute Gasteiger partial charge is 0.378 e. The second kappa shape index (κ2) is 7.50. The maximum absolute atomic E-state index is 12.4. The van der Waals surface area contributed by atoms with Gasteiger partial charge >= 0.3 is 12.2 Å². The first-order chi connectivity index (χ1) is 10.3. The normalized spacial score (nSPS) is 27.2. The molecule has 0 saturated carbocycles. The quantitative estimate of drug-likeness (QED) is 0.858. The Balaban J connectivity index is 1.69. The lowest BCUT2D eigenvalue weighted by atomic mass is 10.2. The van der Waals surface area contributed by atoms with E-state index in [9.17, 15) is 18.0 Å². The number of hydrogen-bond donors (Lipinski definition) is 1. The van der Waals surface area contributed by atoms with Gasteiger partial charge in [0.1, 0.15) is 0 Å². The third kappa shape index (κ3) is 5.31. The summed E-state index contributed by atoms with van der Waals surface area (Å²) >= 11 is 0. The van der Waals surface area contributed by atoms with Gasteiger partial charge in [-0.3, -0.25) is 4.90 Å². The first-order valence-corrected chi connectivity index (χ1v) is 7.80. The van der Waals surface area contributed by atoms with Crippen LogP contribution in [-0.2, 0) is 4.74 Å². The van der Waals surface area contributed by atoms with Gasteiger partial charge in [0.05, 0.1) is 12.6 Å². The largest absolute Gasteiger partial charge is 0.401 e. The molecule has 0 aromatic carbocycles. The van der Waals surface area contributed by atoms with E-state index in [1.165, 1.54) is 4.90 Å². The molecule has 2 saturated heterocycles. The molecule has 128 valence electrons. The summed E-state index contributed by atoms with van der Waals surface area (Å²) < 4.78 is 42.8. The molecule has 0 unspecified atom stereocenters. The summed E-state index contributed by atoms with van der Waals surface area (Å²) in [4.78, 5) is 15.0. The second-order valence-electron chi connectivity index (χ2n) is 6.04. The van der Waals surface area contributed by atoms with E-state index < -0.39 is 12.7 Å². The molecular formula is C14H24F3N3O2. The van der Waals surface area contributed by atoms with Crippen molar-refractivity contribution in [3.8, 4) is 0 Å². The molecule has 0 radical (unpaired) electrons. The van der Waals surface area contributed by atoms with Crippen LogP contribution < -0.4 is 5.32 Å². The summed E-state index contributed by atoms with van der Waals surface area (Å²) in [6.45, 7) is 3.03. The number of nitrogens with zero attached hydrogens (tertiary/aromatic N) is 2. The molecule has 2 aliphatic heterocycles. The van der Waals surface area contributed by atoms with Crippen molar-refractivity contribution in [1.29, 1.82) is 0 Å². The third-order valence-corrected chi connectivity index (χ3v) is 4.20. The number of alkyl halides is 3. The molecule has 0 spiro atoms. The van der Waals surface area contributed by atoms with Gasteiger partial charge < -0.3 is 15.0 Å². The van der Waals surface area contributed by atoms with Crippen LogP contribution in [0.4, 0.5) is 18.0 Å². The van der Waals surface area contributed by atoms with Crippen molar-refractivity contribution in [2.75, 3.05) is 39.3 Å². The van der Waals surface area contributed by atoms with Gasteiger partial charge in [0.15, 0.2) is 0 Å². The fourth-order valence-electron chi connectivity index (χ4n) is 2.97. The third-order valence-electron chi connectivity index (χ3n) is 4.20.